The van der Waals surface area contributed by atoms with E-state index in [0.29, 0.717) is 17.2 Å². The predicted molar refractivity (Wildman–Crippen MR) is 76.8 cm³/mol. The van der Waals surface area contributed by atoms with Crippen LogP contribution in [0.15, 0.2) is 6.33 Å². The smallest absolute Gasteiger partial charge is 0.163 e. The van der Waals surface area contributed by atoms with Crippen LogP contribution in [0.1, 0.15) is 44.2 Å². The van der Waals surface area contributed by atoms with E-state index in [9.17, 15) is 0 Å². The Morgan fingerprint density at radius 3 is 2.95 bits per heavy atom. The van der Waals surface area contributed by atoms with Crippen LogP contribution in [0.3, 0.4) is 0 Å². The Bertz CT molecular complexity index is 642. The summed E-state index contributed by atoms with van der Waals surface area (Å²) >= 11 is 6.36. The molecule has 1 saturated carbocycles. The lowest BCUT2D eigenvalue weighted by Crippen LogP contribution is -2.08. The third-order valence-corrected chi connectivity index (χ3v) is 4.69. The third kappa shape index (κ3) is 1.66. The molecule has 1 aliphatic carbocycles. The normalized spacial score (nSPS) is 22.9. The summed E-state index contributed by atoms with van der Waals surface area (Å²) in [5.74, 6) is 0. The molecule has 2 aromatic heterocycles. The second kappa shape index (κ2) is 4.10. The molecule has 4 nitrogen and oxygen atoms in total. The van der Waals surface area contributed by atoms with Crippen molar-refractivity contribution in [2.24, 2.45) is 0 Å². The number of nitrogens with zero attached hydrogens (tertiary/aromatic N) is 3. The van der Waals surface area contributed by atoms with E-state index < -0.39 is 0 Å². The molecule has 2 aliphatic rings. The van der Waals surface area contributed by atoms with Crippen LogP contribution < -0.4 is 5.32 Å². The van der Waals surface area contributed by atoms with Crippen LogP contribution in [0.2, 0.25) is 5.15 Å². The van der Waals surface area contributed by atoms with E-state index in [1.807, 2.05) is 6.33 Å². The minimum atomic E-state index is 0.413. The van der Waals surface area contributed by atoms with Gasteiger partial charge in [-0.25, -0.2) is 9.97 Å². The van der Waals surface area contributed by atoms with Gasteiger partial charge in [0.15, 0.2) is 5.65 Å². The fraction of sp³-hybridized carbons (Fsp3) is 0.571. The summed E-state index contributed by atoms with van der Waals surface area (Å²) in [6.07, 6.45) is 7.94. The summed E-state index contributed by atoms with van der Waals surface area (Å²) in [5, 5.41) is 4.12. The Hall–Kier alpha value is -1.29. The molecule has 0 amide bonds. The Morgan fingerprint density at radius 1 is 1.37 bits per heavy atom. The van der Waals surface area contributed by atoms with E-state index in [0.717, 1.165) is 28.8 Å². The quantitative estimate of drug-likeness (QED) is 0.810. The van der Waals surface area contributed by atoms with Gasteiger partial charge in [-0.1, -0.05) is 24.4 Å². The first-order chi connectivity index (χ1) is 9.24. The molecule has 1 unspecified atom stereocenters. The average molecular weight is 277 g/mol. The number of pyridine rings is 1. The summed E-state index contributed by atoms with van der Waals surface area (Å²) in [6, 6.07) is 0.960. The van der Waals surface area contributed by atoms with Crippen LogP contribution >= 0.6 is 11.6 Å². The standard InChI is InChI=1S/C14H17ClN4/c1-8-6-10-11(17-8)12-14(18-13(10)15)19(7-16-12)9-4-2-3-5-9/h7-9,17H,2-6H2,1H3. The molecule has 1 fully saturated rings. The van der Waals surface area contributed by atoms with Gasteiger partial charge in [0.1, 0.15) is 10.7 Å². The second-order valence-electron chi connectivity index (χ2n) is 5.77. The van der Waals surface area contributed by atoms with Gasteiger partial charge in [-0.2, -0.15) is 0 Å². The Kier molecular flexibility index (Phi) is 2.49. The molecular weight excluding hydrogens is 260 g/mol. The molecule has 2 aromatic rings. The topological polar surface area (TPSA) is 42.7 Å². The number of rotatable bonds is 1. The molecule has 1 aliphatic heterocycles. The average Bonchev–Trinajstić information content (AvgIpc) is 3.04. The number of fused-ring (bicyclic) bond motifs is 3. The molecule has 1 N–H and O–H groups in total. The minimum Gasteiger partial charge on any atom is -0.380 e. The molecule has 4 rings (SSSR count). The van der Waals surface area contributed by atoms with Gasteiger partial charge >= 0.3 is 0 Å². The number of imidazole rings is 1. The van der Waals surface area contributed by atoms with E-state index in [4.69, 9.17) is 11.6 Å². The first kappa shape index (κ1) is 11.5. The van der Waals surface area contributed by atoms with E-state index in [2.05, 4.69) is 26.8 Å². The molecule has 1 atom stereocenters. The fourth-order valence-corrected chi connectivity index (χ4v) is 3.69. The van der Waals surface area contributed by atoms with Crippen molar-refractivity contribution in [3.8, 4) is 0 Å². The number of anilines is 1. The van der Waals surface area contributed by atoms with Crippen molar-refractivity contribution in [2.45, 2.75) is 51.1 Å². The van der Waals surface area contributed by atoms with Gasteiger partial charge in [-0.05, 0) is 26.2 Å². The Labute approximate surface area is 117 Å². The van der Waals surface area contributed by atoms with E-state index in [1.54, 1.807) is 0 Å². The molecule has 19 heavy (non-hydrogen) atoms. The van der Waals surface area contributed by atoms with Crippen LogP contribution in [0.4, 0.5) is 5.69 Å². The molecule has 0 spiro atoms. The van der Waals surface area contributed by atoms with Crippen molar-refractivity contribution in [1.82, 2.24) is 14.5 Å². The molecule has 0 aromatic carbocycles. The zero-order valence-electron chi connectivity index (χ0n) is 11.0. The first-order valence-corrected chi connectivity index (χ1v) is 7.43. The third-order valence-electron chi connectivity index (χ3n) is 4.38. The highest BCUT2D eigenvalue weighted by Gasteiger charge is 2.27. The van der Waals surface area contributed by atoms with Crippen molar-refractivity contribution in [3.63, 3.8) is 0 Å². The molecule has 0 bridgehead atoms. The van der Waals surface area contributed by atoms with Crippen LogP contribution in [0, 0.1) is 0 Å². The highest BCUT2D eigenvalue weighted by atomic mass is 35.5. The highest BCUT2D eigenvalue weighted by molar-refractivity contribution is 6.31. The van der Waals surface area contributed by atoms with Crippen LogP contribution in [0.25, 0.3) is 11.2 Å². The largest absolute Gasteiger partial charge is 0.380 e. The monoisotopic (exact) mass is 276 g/mol. The zero-order chi connectivity index (χ0) is 13.0. The number of halogens is 1. The first-order valence-electron chi connectivity index (χ1n) is 7.05. The minimum absolute atomic E-state index is 0.413. The predicted octanol–water partition coefficient (Wildman–Crippen LogP) is 3.56. The lowest BCUT2D eigenvalue weighted by atomic mass is 10.1. The summed E-state index contributed by atoms with van der Waals surface area (Å²) in [4.78, 5) is 9.20. The number of nitrogens with one attached hydrogen (secondary N) is 1. The lowest BCUT2D eigenvalue weighted by molar-refractivity contribution is 0.529. The number of hydrogen-bond acceptors (Lipinski definition) is 3. The van der Waals surface area contributed by atoms with E-state index >= 15 is 0 Å². The van der Waals surface area contributed by atoms with Gasteiger partial charge in [0, 0.05) is 17.6 Å². The van der Waals surface area contributed by atoms with Crippen LogP contribution in [-0.4, -0.2) is 20.6 Å². The van der Waals surface area contributed by atoms with Gasteiger partial charge in [-0.15, -0.1) is 0 Å². The van der Waals surface area contributed by atoms with Crippen molar-refractivity contribution in [3.05, 3.63) is 17.0 Å². The zero-order valence-corrected chi connectivity index (χ0v) is 11.7. The molecule has 0 radical (unpaired) electrons. The maximum atomic E-state index is 6.36. The summed E-state index contributed by atoms with van der Waals surface area (Å²) in [7, 11) is 0. The maximum absolute atomic E-state index is 6.36. The molecule has 3 heterocycles. The SMILES string of the molecule is CC1Cc2c(Cl)nc3c(ncn3C3CCCC3)c2N1. The van der Waals surface area contributed by atoms with Gasteiger partial charge in [0.25, 0.3) is 0 Å². The van der Waals surface area contributed by atoms with Gasteiger partial charge < -0.3 is 9.88 Å². The van der Waals surface area contributed by atoms with Gasteiger partial charge in [-0.3, -0.25) is 0 Å². The van der Waals surface area contributed by atoms with Gasteiger partial charge in [0.2, 0.25) is 0 Å². The van der Waals surface area contributed by atoms with Crippen LogP contribution in [0.5, 0.6) is 0 Å². The van der Waals surface area contributed by atoms with Crippen molar-refractivity contribution in [2.75, 3.05) is 5.32 Å². The summed E-state index contributed by atoms with van der Waals surface area (Å²) < 4.78 is 2.22. The Balaban J connectivity index is 1.91. The number of hydrogen-bond donors (Lipinski definition) is 1. The number of aromatic nitrogens is 3. The van der Waals surface area contributed by atoms with Crippen LogP contribution in [-0.2, 0) is 6.42 Å². The van der Waals surface area contributed by atoms with Crippen molar-refractivity contribution >= 4 is 28.5 Å². The highest BCUT2D eigenvalue weighted by Crippen LogP contribution is 2.38. The fourth-order valence-electron chi connectivity index (χ4n) is 3.44. The molecule has 5 heteroatoms. The van der Waals surface area contributed by atoms with E-state index in [-0.39, 0.29) is 0 Å². The maximum Gasteiger partial charge on any atom is 0.163 e. The van der Waals surface area contributed by atoms with Crippen molar-refractivity contribution < 1.29 is 0 Å². The second-order valence-corrected chi connectivity index (χ2v) is 6.13. The molecule has 0 saturated heterocycles. The molecular formula is C14H17ClN4. The molecule has 100 valence electrons. The van der Waals surface area contributed by atoms with Crippen molar-refractivity contribution in [1.29, 1.82) is 0 Å². The van der Waals surface area contributed by atoms with Gasteiger partial charge in [0.05, 0.1) is 12.0 Å². The Morgan fingerprint density at radius 2 is 2.16 bits per heavy atom. The van der Waals surface area contributed by atoms with E-state index in [1.165, 1.54) is 25.7 Å². The summed E-state index contributed by atoms with van der Waals surface area (Å²) in [6.45, 7) is 2.16. The summed E-state index contributed by atoms with van der Waals surface area (Å²) in [5.41, 5.74) is 4.14. The lowest BCUT2D eigenvalue weighted by Gasteiger charge is -2.12.